The first-order valence-electron chi connectivity index (χ1n) is 5.80. The van der Waals surface area contributed by atoms with Crippen molar-refractivity contribution >= 4 is 11.4 Å². The molecular weight excluding hydrogens is 184 g/mol. The van der Waals surface area contributed by atoms with Crippen molar-refractivity contribution in [2.45, 2.75) is 45.1 Å². The summed E-state index contributed by atoms with van der Waals surface area (Å²) in [5, 5.41) is 3.65. The van der Waals surface area contributed by atoms with Gasteiger partial charge in [0.25, 0.3) is 0 Å². The number of rotatable bonds is 3. The zero-order valence-corrected chi connectivity index (χ0v) is 9.64. The van der Waals surface area contributed by atoms with Crippen molar-refractivity contribution in [2.75, 3.05) is 11.1 Å². The molecule has 1 aliphatic carbocycles. The number of aryl methyl sites for hydroxylation is 1. The van der Waals surface area contributed by atoms with Gasteiger partial charge in [0, 0.05) is 5.54 Å². The first-order chi connectivity index (χ1) is 7.17. The molecule has 0 atom stereocenters. The van der Waals surface area contributed by atoms with Gasteiger partial charge in [-0.1, -0.05) is 19.1 Å². The molecule has 1 aliphatic rings. The van der Waals surface area contributed by atoms with Gasteiger partial charge in [-0.15, -0.1) is 0 Å². The van der Waals surface area contributed by atoms with Crippen LogP contribution in [0.25, 0.3) is 0 Å². The molecule has 0 radical (unpaired) electrons. The van der Waals surface area contributed by atoms with Crippen LogP contribution in [0.3, 0.4) is 0 Å². The van der Waals surface area contributed by atoms with Gasteiger partial charge in [0.2, 0.25) is 0 Å². The van der Waals surface area contributed by atoms with Crippen LogP contribution in [0, 0.1) is 6.92 Å². The standard InChI is InChI=1S/C13H20N2/c1-3-13(8-5-9-13)15-12-10(2)6-4-7-11(12)14/h4,6-7,15H,3,5,8-9,14H2,1-2H3. The molecule has 2 rings (SSSR count). The van der Waals surface area contributed by atoms with E-state index in [1.807, 2.05) is 12.1 Å². The molecule has 1 aromatic carbocycles. The Labute approximate surface area is 91.9 Å². The lowest BCUT2D eigenvalue weighted by atomic mass is 9.74. The normalized spacial score (nSPS) is 18.3. The molecule has 1 aromatic rings. The minimum absolute atomic E-state index is 0.320. The molecule has 0 amide bonds. The number of nitrogen functional groups attached to an aromatic ring is 1. The van der Waals surface area contributed by atoms with Crippen molar-refractivity contribution in [2.24, 2.45) is 0 Å². The number of hydrogen-bond acceptors (Lipinski definition) is 2. The Morgan fingerprint density at radius 3 is 2.60 bits per heavy atom. The maximum atomic E-state index is 6.00. The highest BCUT2D eigenvalue weighted by molar-refractivity contribution is 5.71. The molecule has 0 spiro atoms. The average Bonchev–Trinajstić information content (AvgIpc) is 2.15. The summed E-state index contributed by atoms with van der Waals surface area (Å²) in [6, 6.07) is 6.09. The van der Waals surface area contributed by atoms with E-state index >= 15 is 0 Å². The van der Waals surface area contributed by atoms with Crippen LogP contribution < -0.4 is 11.1 Å². The lowest BCUT2D eigenvalue weighted by Gasteiger charge is -2.43. The maximum Gasteiger partial charge on any atom is 0.0607 e. The number of hydrogen-bond donors (Lipinski definition) is 2. The van der Waals surface area contributed by atoms with Crippen LogP contribution in [-0.2, 0) is 0 Å². The maximum absolute atomic E-state index is 6.00. The second-order valence-corrected chi connectivity index (χ2v) is 4.65. The van der Waals surface area contributed by atoms with E-state index in [-0.39, 0.29) is 0 Å². The van der Waals surface area contributed by atoms with E-state index in [0.717, 1.165) is 11.4 Å². The number of nitrogens with two attached hydrogens (primary N) is 1. The zero-order chi connectivity index (χ0) is 10.9. The third-order valence-electron chi connectivity index (χ3n) is 3.68. The summed E-state index contributed by atoms with van der Waals surface area (Å²) in [5.74, 6) is 0. The Kier molecular flexibility index (Phi) is 2.59. The lowest BCUT2D eigenvalue weighted by Crippen LogP contribution is -2.44. The SMILES string of the molecule is CCC1(Nc2c(C)cccc2N)CCC1. The third-order valence-corrected chi connectivity index (χ3v) is 3.68. The Hall–Kier alpha value is -1.18. The molecular formula is C13H20N2. The molecule has 1 fully saturated rings. The second-order valence-electron chi connectivity index (χ2n) is 4.65. The monoisotopic (exact) mass is 204 g/mol. The number of anilines is 2. The average molecular weight is 204 g/mol. The molecule has 3 N–H and O–H groups in total. The summed E-state index contributed by atoms with van der Waals surface area (Å²) in [7, 11) is 0. The molecule has 15 heavy (non-hydrogen) atoms. The first kappa shape index (κ1) is 10.3. The van der Waals surface area contributed by atoms with E-state index in [0.29, 0.717) is 5.54 Å². The van der Waals surface area contributed by atoms with Crippen LogP contribution >= 0.6 is 0 Å². The van der Waals surface area contributed by atoms with Crippen LogP contribution in [0.2, 0.25) is 0 Å². The highest BCUT2D eigenvalue weighted by Gasteiger charge is 2.35. The van der Waals surface area contributed by atoms with Crippen molar-refractivity contribution in [3.8, 4) is 0 Å². The summed E-state index contributed by atoms with van der Waals surface area (Å²) in [6.07, 6.45) is 5.07. The molecule has 0 aromatic heterocycles. The van der Waals surface area contributed by atoms with Gasteiger partial charge in [-0.25, -0.2) is 0 Å². The molecule has 82 valence electrons. The Bertz CT molecular complexity index is 328. The summed E-state index contributed by atoms with van der Waals surface area (Å²) in [5.41, 5.74) is 9.57. The number of para-hydroxylation sites is 1. The highest BCUT2D eigenvalue weighted by atomic mass is 15.0. The lowest BCUT2D eigenvalue weighted by molar-refractivity contribution is 0.269. The van der Waals surface area contributed by atoms with Crippen molar-refractivity contribution in [1.82, 2.24) is 0 Å². The molecule has 0 unspecified atom stereocenters. The zero-order valence-electron chi connectivity index (χ0n) is 9.64. The van der Waals surface area contributed by atoms with Gasteiger partial charge in [0.1, 0.15) is 0 Å². The minimum Gasteiger partial charge on any atom is -0.397 e. The van der Waals surface area contributed by atoms with Crippen LogP contribution in [0.15, 0.2) is 18.2 Å². The van der Waals surface area contributed by atoms with E-state index in [4.69, 9.17) is 5.73 Å². The third kappa shape index (κ3) is 1.81. The molecule has 2 nitrogen and oxygen atoms in total. The van der Waals surface area contributed by atoms with Gasteiger partial charge in [-0.05, 0) is 44.2 Å². The molecule has 0 saturated heterocycles. The number of benzene rings is 1. The van der Waals surface area contributed by atoms with Gasteiger partial charge in [0.15, 0.2) is 0 Å². The van der Waals surface area contributed by atoms with Crippen molar-refractivity contribution in [3.05, 3.63) is 23.8 Å². The largest absolute Gasteiger partial charge is 0.397 e. The fraction of sp³-hybridized carbons (Fsp3) is 0.538. The van der Waals surface area contributed by atoms with E-state index in [1.54, 1.807) is 0 Å². The predicted octanol–water partition coefficient (Wildman–Crippen LogP) is 3.32. The molecule has 0 aliphatic heterocycles. The first-order valence-corrected chi connectivity index (χ1v) is 5.80. The van der Waals surface area contributed by atoms with Crippen molar-refractivity contribution < 1.29 is 0 Å². The van der Waals surface area contributed by atoms with Crippen LogP contribution in [-0.4, -0.2) is 5.54 Å². The van der Waals surface area contributed by atoms with E-state index in [2.05, 4.69) is 25.2 Å². The van der Waals surface area contributed by atoms with Crippen LogP contribution in [0.5, 0.6) is 0 Å². The van der Waals surface area contributed by atoms with E-state index in [9.17, 15) is 0 Å². The predicted molar refractivity (Wildman–Crippen MR) is 66.1 cm³/mol. The van der Waals surface area contributed by atoms with Gasteiger partial charge >= 0.3 is 0 Å². The fourth-order valence-corrected chi connectivity index (χ4v) is 2.30. The Morgan fingerprint density at radius 2 is 2.13 bits per heavy atom. The second kappa shape index (κ2) is 3.76. The summed E-state index contributed by atoms with van der Waals surface area (Å²) >= 11 is 0. The summed E-state index contributed by atoms with van der Waals surface area (Å²) < 4.78 is 0. The van der Waals surface area contributed by atoms with Crippen LogP contribution in [0.4, 0.5) is 11.4 Å². The van der Waals surface area contributed by atoms with E-state index < -0.39 is 0 Å². The smallest absolute Gasteiger partial charge is 0.0607 e. The Morgan fingerprint density at radius 1 is 1.40 bits per heavy atom. The molecule has 0 bridgehead atoms. The summed E-state index contributed by atoms with van der Waals surface area (Å²) in [6.45, 7) is 4.36. The van der Waals surface area contributed by atoms with E-state index in [1.165, 1.54) is 31.2 Å². The molecule has 0 heterocycles. The quantitative estimate of drug-likeness (QED) is 0.741. The number of nitrogens with one attached hydrogen (secondary N) is 1. The minimum atomic E-state index is 0.320. The fourth-order valence-electron chi connectivity index (χ4n) is 2.30. The van der Waals surface area contributed by atoms with Crippen LogP contribution in [0.1, 0.15) is 38.2 Å². The van der Waals surface area contributed by atoms with Gasteiger partial charge in [-0.2, -0.15) is 0 Å². The Balaban J connectivity index is 2.23. The van der Waals surface area contributed by atoms with Crippen molar-refractivity contribution in [1.29, 1.82) is 0 Å². The van der Waals surface area contributed by atoms with Gasteiger partial charge in [0.05, 0.1) is 11.4 Å². The molecule has 1 saturated carbocycles. The molecule has 2 heteroatoms. The summed E-state index contributed by atoms with van der Waals surface area (Å²) in [4.78, 5) is 0. The topological polar surface area (TPSA) is 38.0 Å². The van der Waals surface area contributed by atoms with Gasteiger partial charge in [-0.3, -0.25) is 0 Å². The van der Waals surface area contributed by atoms with Crippen molar-refractivity contribution in [3.63, 3.8) is 0 Å². The highest BCUT2D eigenvalue weighted by Crippen LogP contribution is 2.39. The van der Waals surface area contributed by atoms with Gasteiger partial charge < -0.3 is 11.1 Å².